The predicted octanol–water partition coefficient (Wildman–Crippen LogP) is 1.33. The van der Waals surface area contributed by atoms with Gasteiger partial charge in [0.25, 0.3) is 0 Å². The molecular weight excluding hydrogens is 184 g/mol. The van der Waals surface area contributed by atoms with Crippen LogP contribution in [0.5, 0.6) is 11.5 Å². The van der Waals surface area contributed by atoms with Crippen molar-refractivity contribution >= 4 is 5.97 Å². The van der Waals surface area contributed by atoms with Gasteiger partial charge in [0.2, 0.25) is 0 Å². The molecule has 0 aliphatic rings. The molecule has 76 valence electrons. The lowest BCUT2D eigenvalue weighted by atomic mass is 10.1. The molecule has 0 radical (unpaired) electrons. The quantitative estimate of drug-likeness (QED) is 0.794. The largest absolute Gasteiger partial charge is 0.493 e. The zero-order valence-corrected chi connectivity index (χ0v) is 7.61. The van der Waals surface area contributed by atoms with Crippen LogP contribution >= 0.6 is 0 Å². The standard InChI is InChI=1S/C10H12O4/c1-13-8-4-3-7(6-10(11)12)5-9(8)14-2/h3-5H,6H2,1-2H3,(H,11,12)/i2D3. The third-order valence-corrected chi connectivity index (χ3v) is 1.69. The first-order valence-corrected chi connectivity index (χ1v) is 3.89. The van der Waals surface area contributed by atoms with Gasteiger partial charge in [0.15, 0.2) is 11.5 Å². The molecule has 0 bridgehead atoms. The van der Waals surface area contributed by atoms with Crippen LogP contribution < -0.4 is 9.47 Å². The molecule has 1 N–H and O–H groups in total. The van der Waals surface area contributed by atoms with Gasteiger partial charge in [-0.05, 0) is 17.7 Å². The Labute approximate surface area is 86.3 Å². The lowest BCUT2D eigenvalue weighted by Crippen LogP contribution is -2.00. The molecule has 0 aromatic heterocycles. The number of aliphatic carboxylic acids is 1. The molecule has 0 aliphatic heterocycles. The number of ether oxygens (including phenoxy) is 2. The predicted molar refractivity (Wildman–Crippen MR) is 50.9 cm³/mol. The molecule has 0 heterocycles. The molecule has 0 saturated carbocycles. The fraction of sp³-hybridized carbons (Fsp3) is 0.300. The van der Waals surface area contributed by atoms with Crippen molar-refractivity contribution < 1.29 is 23.5 Å². The van der Waals surface area contributed by atoms with Crippen molar-refractivity contribution in [2.45, 2.75) is 6.42 Å². The Hall–Kier alpha value is -1.71. The first kappa shape index (κ1) is 6.70. The van der Waals surface area contributed by atoms with Crippen LogP contribution in [0, 0.1) is 0 Å². The highest BCUT2D eigenvalue weighted by molar-refractivity contribution is 5.70. The number of carboxylic acid groups (broad SMARTS) is 1. The third kappa shape index (κ3) is 2.39. The summed E-state index contributed by atoms with van der Waals surface area (Å²) in [6, 6.07) is 4.36. The molecule has 4 nitrogen and oxygen atoms in total. The van der Waals surface area contributed by atoms with Crippen LogP contribution in [0.2, 0.25) is 0 Å². The van der Waals surface area contributed by atoms with Crippen molar-refractivity contribution in [3.63, 3.8) is 0 Å². The minimum atomic E-state index is -2.60. The lowest BCUT2D eigenvalue weighted by molar-refractivity contribution is -0.136. The van der Waals surface area contributed by atoms with E-state index in [0.29, 0.717) is 5.56 Å². The number of hydrogen-bond acceptors (Lipinski definition) is 3. The maximum atomic E-state index is 10.5. The van der Waals surface area contributed by atoms with Gasteiger partial charge in [-0.1, -0.05) is 6.07 Å². The molecule has 0 atom stereocenters. The normalized spacial score (nSPS) is 13.6. The minimum absolute atomic E-state index is 0.00579. The Morgan fingerprint density at radius 2 is 2.29 bits per heavy atom. The number of carbonyl (C=O) groups is 1. The molecule has 0 amide bonds. The Morgan fingerprint density at radius 1 is 1.50 bits per heavy atom. The van der Waals surface area contributed by atoms with E-state index in [1.807, 2.05) is 0 Å². The average Bonchev–Trinajstić information content (AvgIpc) is 2.14. The van der Waals surface area contributed by atoms with Crippen molar-refractivity contribution in [1.82, 2.24) is 0 Å². The molecule has 1 aromatic rings. The monoisotopic (exact) mass is 199 g/mol. The van der Waals surface area contributed by atoms with E-state index < -0.39 is 13.0 Å². The molecule has 0 saturated heterocycles. The third-order valence-electron chi connectivity index (χ3n) is 1.69. The van der Waals surface area contributed by atoms with E-state index in [1.54, 1.807) is 6.07 Å². The molecule has 1 aromatic carbocycles. The Bertz CT molecular complexity index is 415. The molecule has 0 unspecified atom stereocenters. The zero-order chi connectivity index (χ0) is 13.1. The van der Waals surface area contributed by atoms with Gasteiger partial charge >= 0.3 is 5.97 Å². The van der Waals surface area contributed by atoms with Gasteiger partial charge in [-0.25, -0.2) is 0 Å². The van der Waals surface area contributed by atoms with Crippen LogP contribution in [0.3, 0.4) is 0 Å². The topological polar surface area (TPSA) is 55.8 Å². The summed E-state index contributed by atoms with van der Waals surface area (Å²) in [5, 5.41) is 8.63. The molecule has 4 heteroatoms. The smallest absolute Gasteiger partial charge is 0.307 e. The van der Waals surface area contributed by atoms with E-state index in [9.17, 15) is 4.79 Å². The Balaban J connectivity index is 3.02. The second-order valence-corrected chi connectivity index (χ2v) is 2.66. The van der Waals surface area contributed by atoms with Gasteiger partial charge in [0.1, 0.15) is 0 Å². The molecule has 0 spiro atoms. The van der Waals surface area contributed by atoms with Crippen LogP contribution in [0.15, 0.2) is 18.2 Å². The summed E-state index contributed by atoms with van der Waals surface area (Å²) in [6.07, 6.45) is -0.207. The number of rotatable bonds is 4. The highest BCUT2D eigenvalue weighted by Crippen LogP contribution is 2.27. The summed E-state index contributed by atoms with van der Waals surface area (Å²) in [5.74, 6) is -0.753. The van der Waals surface area contributed by atoms with Gasteiger partial charge in [-0.3, -0.25) is 4.79 Å². The van der Waals surface area contributed by atoms with Gasteiger partial charge in [-0.2, -0.15) is 0 Å². The Morgan fingerprint density at radius 3 is 2.86 bits per heavy atom. The van der Waals surface area contributed by atoms with Crippen LogP contribution in [-0.4, -0.2) is 25.2 Å². The average molecular weight is 199 g/mol. The van der Waals surface area contributed by atoms with Crippen molar-refractivity contribution in [1.29, 1.82) is 0 Å². The van der Waals surface area contributed by atoms with Gasteiger partial charge < -0.3 is 14.6 Å². The summed E-state index contributed by atoms with van der Waals surface area (Å²) >= 11 is 0. The molecule has 0 fully saturated rings. The first-order valence-electron chi connectivity index (χ1n) is 5.39. The molecular formula is C10H12O4. The van der Waals surface area contributed by atoms with Crippen LogP contribution in [-0.2, 0) is 11.2 Å². The fourth-order valence-corrected chi connectivity index (χ4v) is 1.09. The van der Waals surface area contributed by atoms with E-state index in [4.69, 9.17) is 18.7 Å². The van der Waals surface area contributed by atoms with E-state index >= 15 is 0 Å². The van der Waals surface area contributed by atoms with Gasteiger partial charge in [0.05, 0.1) is 24.7 Å². The van der Waals surface area contributed by atoms with Gasteiger partial charge in [0, 0.05) is 0 Å². The van der Waals surface area contributed by atoms with Gasteiger partial charge in [-0.15, -0.1) is 0 Å². The maximum Gasteiger partial charge on any atom is 0.307 e. The van der Waals surface area contributed by atoms with Crippen LogP contribution in [0.1, 0.15) is 9.68 Å². The van der Waals surface area contributed by atoms with Crippen LogP contribution in [0.4, 0.5) is 0 Å². The van der Waals surface area contributed by atoms with Crippen molar-refractivity contribution in [3.05, 3.63) is 23.8 Å². The zero-order valence-electron chi connectivity index (χ0n) is 10.6. The SMILES string of the molecule is [2H]C([2H])([2H])Oc1cc(CC(=O)O)ccc1OC. The number of hydrogen-bond donors (Lipinski definition) is 1. The maximum absolute atomic E-state index is 10.5. The molecule has 14 heavy (non-hydrogen) atoms. The summed E-state index contributed by atoms with van der Waals surface area (Å²) in [4.78, 5) is 10.5. The van der Waals surface area contributed by atoms with E-state index in [0.717, 1.165) is 0 Å². The number of benzene rings is 1. The van der Waals surface area contributed by atoms with Crippen LogP contribution in [0.25, 0.3) is 0 Å². The van der Waals surface area contributed by atoms with Crippen molar-refractivity contribution in [2.24, 2.45) is 0 Å². The minimum Gasteiger partial charge on any atom is -0.493 e. The Kier molecular flexibility index (Phi) is 2.16. The second kappa shape index (κ2) is 4.50. The van der Waals surface area contributed by atoms with E-state index in [1.165, 1.54) is 19.2 Å². The second-order valence-electron chi connectivity index (χ2n) is 2.66. The lowest BCUT2D eigenvalue weighted by Gasteiger charge is -2.08. The van der Waals surface area contributed by atoms with Crippen molar-refractivity contribution in [2.75, 3.05) is 14.1 Å². The highest BCUT2D eigenvalue weighted by Gasteiger charge is 2.06. The molecule has 1 rings (SSSR count). The summed E-state index contributed by atoms with van der Waals surface area (Å²) in [5.41, 5.74) is 0.442. The first-order chi connectivity index (χ1) is 7.81. The van der Waals surface area contributed by atoms with Crippen molar-refractivity contribution in [3.8, 4) is 11.5 Å². The summed E-state index contributed by atoms with van der Waals surface area (Å²) in [7, 11) is -1.23. The summed E-state index contributed by atoms with van der Waals surface area (Å²) < 4.78 is 30.6. The highest BCUT2D eigenvalue weighted by atomic mass is 16.5. The number of methoxy groups -OCH3 is 2. The fourth-order valence-electron chi connectivity index (χ4n) is 1.09. The number of carboxylic acids is 1. The van der Waals surface area contributed by atoms with E-state index in [2.05, 4.69) is 0 Å². The molecule has 0 aliphatic carbocycles. The summed E-state index contributed by atoms with van der Waals surface area (Å²) in [6.45, 7) is 0. The van der Waals surface area contributed by atoms with E-state index in [-0.39, 0.29) is 17.9 Å².